The van der Waals surface area contributed by atoms with Gasteiger partial charge in [-0.15, -0.1) is 11.3 Å². The molecule has 0 atom stereocenters. The van der Waals surface area contributed by atoms with Crippen LogP contribution in [-0.4, -0.2) is 16.9 Å². The summed E-state index contributed by atoms with van der Waals surface area (Å²) in [4.78, 5) is 26.9. The third-order valence-corrected chi connectivity index (χ3v) is 4.43. The van der Waals surface area contributed by atoms with Gasteiger partial charge in [0, 0.05) is 10.7 Å². The number of nitrogens with one attached hydrogen (secondary N) is 1. The molecule has 0 aliphatic heterocycles. The molecule has 0 saturated carbocycles. The molecule has 2 aromatic rings. The average Bonchev–Trinajstić information content (AvgIpc) is 2.76. The number of carboxylic acids is 1. The van der Waals surface area contributed by atoms with E-state index < -0.39 is 5.97 Å². The van der Waals surface area contributed by atoms with E-state index in [0.29, 0.717) is 21.4 Å². The molecule has 5 nitrogen and oxygen atoms in total. The van der Waals surface area contributed by atoms with Gasteiger partial charge in [-0.1, -0.05) is 17.7 Å². The van der Waals surface area contributed by atoms with Gasteiger partial charge in [0.2, 0.25) is 5.91 Å². The normalized spacial score (nSPS) is 10.4. The van der Waals surface area contributed by atoms with E-state index in [1.807, 2.05) is 0 Å². The van der Waals surface area contributed by atoms with Crippen LogP contribution in [0.2, 0.25) is 5.02 Å². The second kappa shape index (κ2) is 6.24. The molecular formula is C14H12ClN2O3S-. The van der Waals surface area contributed by atoms with Crippen LogP contribution in [0.4, 0.5) is 5.69 Å². The van der Waals surface area contributed by atoms with E-state index >= 15 is 0 Å². The SMILES string of the molecule is Cc1nc(CC(=O)Nc2cccc(Cl)c2C)sc1C(=O)[O-]. The van der Waals surface area contributed by atoms with Crippen LogP contribution in [-0.2, 0) is 11.2 Å². The number of halogens is 1. The zero-order valence-corrected chi connectivity index (χ0v) is 13.0. The molecule has 110 valence electrons. The summed E-state index contributed by atoms with van der Waals surface area (Å²) in [5, 5.41) is 14.6. The van der Waals surface area contributed by atoms with Crippen molar-refractivity contribution in [2.75, 3.05) is 5.32 Å². The summed E-state index contributed by atoms with van der Waals surface area (Å²) >= 11 is 6.94. The molecule has 0 radical (unpaired) electrons. The Bertz CT molecular complexity index is 712. The highest BCUT2D eigenvalue weighted by Gasteiger charge is 2.13. The second-order valence-corrected chi connectivity index (χ2v) is 5.94. The standard InChI is InChI=1S/C14H13ClN2O3S/c1-7-9(15)4-3-5-10(7)17-11(18)6-12-16-8(2)13(21-12)14(19)20/h3-5H,6H2,1-2H3,(H,17,18)(H,19,20)/p-1. The van der Waals surface area contributed by atoms with Gasteiger partial charge in [-0.3, -0.25) is 4.79 Å². The van der Waals surface area contributed by atoms with E-state index in [2.05, 4.69) is 10.3 Å². The number of anilines is 1. The zero-order chi connectivity index (χ0) is 15.6. The summed E-state index contributed by atoms with van der Waals surface area (Å²) in [7, 11) is 0. The van der Waals surface area contributed by atoms with Crippen molar-refractivity contribution in [3.8, 4) is 0 Å². The Kier molecular flexibility index (Phi) is 4.59. The smallest absolute Gasteiger partial charge is 0.231 e. The van der Waals surface area contributed by atoms with Crippen molar-refractivity contribution in [1.29, 1.82) is 0 Å². The molecule has 1 aromatic carbocycles. The van der Waals surface area contributed by atoms with E-state index in [1.54, 1.807) is 32.0 Å². The number of aromatic carboxylic acids is 1. The number of carbonyl (C=O) groups is 2. The Balaban J connectivity index is 2.10. The Hall–Kier alpha value is -1.92. The molecule has 1 heterocycles. The number of nitrogens with zero attached hydrogens (tertiary/aromatic N) is 1. The largest absolute Gasteiger partial charge is 0.544 e. The van der Waals surface area contributed by atoms with Crippen molar-refractivity contribution in [3.63, 3.8) is 0 Å². The third-order valence-electron chi connectivity index (χ3n) is 2.88. The van der Waals surface area contributed by atoms with Crippen LogP contribution in [0, 0.1) is 13.8 Å². The van der Waals surface area contributed by atoms with Gasteiger partial charge < -0.3 is 15.2 Å². The lowest BCUT2D eigenvalue weighted by molar-refractivity contribution is -0.254. The number of aryl methyl sites for hydroxylation is 1. The number of amides is 1. The van der Waals surface area contributed by atoms with Crippen LogP contribution >= 0.6 is 22.9 Å². The highest BCUT2D eigenvalue weighted by atomic mass is 35.5. The summed E-state index contributed by atoms with van der Waals surface area (Å²) < 4.78 is 0. The molecular weight excluding hydrogens is 312 g/mol. The maximum atomic E-state index is 12.0. The molecule has 0 bridgehead atoms. The first-order valence-corrected chi connectivity index (χ1v) is 7.30. The first-order chi connectivity index (χ1) is 9.88. The van der Waals surface area contributed by atoms with Crippen LogP contribution in [0.5, 0.6) is 0 Å². The number of rotatable bonds is 4. The molecule has 0 saturated heterocycles. The van der Waals surface area contributed by atoms with E-state index in [-0.39, 0.29) is 17.2 Å². The predicted molar refractivity (Wildman–Crippen MR) is 79.7 cm³/mol. The molecule has 2 rings (SSSR count). The maximum absolute atomic E-state index is 12.0. The van der Waals surface area contributed by atoms with Gasteiger partial charge in [0.05, 0.1) is 23.0 Å². The van der Waals surface area contributed by atoms with Crippen LogP contribution in [0.3, 0.4) is 0 Å². The van der Waals surface area contributed by atoms with Crippen LogP contribution in [0.15, 0.2) is 18.2 Å². The van der Waals surface area contributed by atoms with Crippen molar-refractivity contribution in [2.45, 2.75) is 20.3 Å². The minimum Gasteiger partial charge on any atom is -0.544 e. The summed E-state index contributed by atoms with van der Waals surface area (Å²) in [5.41, 5.74) is 1.76. The van der Waals surface area contributed by atoms with Crippen LogP contribution < -0.4 is 10.4 Å². The molecule has 0 fully saturated rings. The van der Waals surface area contributed by atoms with E-state index in [4.69, 9.17) is 11.6 Å². The lowest BCUT2D eigenvalue weighted by Gasteiger charge is -2.08. The first kappa shape index (κ1) is 15.5. The fourth-order valence-electron chi connectivity index (χ4n) is 1.79. The second-order valence-electron chi connectivity index (χ2n) is 4.45. The molecule has 0 aliphatic rings. The summed E-state index contributed by atoms with van der Waals surface area (Å²) in [6.45, 7) is 3.38. The lowest BCUT2D eigenvalue weighted by atomic mass is 10.2. The van der Waals surface area contributed by atoms with Crippen LogP contribution in [0.25, 0.3) is 0 Å². The number of aromatic nitrogens is 1. The van der Waals surface area contributed by atoms with Gasteiger partial charge in [0.1, 0.15) is 5.01 Å². The van der Waals surface area contributed by atoms with E-state index in [0.717, 1.165) is 16.9 Å². The number of benzene rings is 1. The van der Waals surface area contributed by atoms with Gasteiger partial charge >= 0.3 is 0 Å². The van der Waals surface area contributed by atoms with E-state index in [9.17, 15) is 14.7 Å². The fraction of sp³-hybridized carbons (Fsp3) is 0.214. The first-order valence-electron chi connectivity index (χ1n) is 6.11. The van der Waals surface area contributed by atoms with Gasteiger partial charge in [-0.25, -0.2) is 4.98 Å². The predicted octanol–water partition coefficient (Wildman–Crippen LogP) is 1.96. The Labute approximate surface area is 130 Å². The fourth-order valence-corrected chi connectivity index (χ4v) is 2.86. The highest BCUT2D eigenvalue weighted by molar-refractivity contribution is 7.13. The van der Waals surface area contributed by atoms with Gasteiger partial charge in [-0.2, -0.15) is 0 Å². The van der Waals surface area contributed by atoms with Crippen molar-refractivity contribution in [3.05, 3.63) is 44.4 Å². The maximum Gasteiger partial charge on any atom is 0.231 e. The Morgan fingerprint density at radius 3 is 2.71 bits per heavy atom. The molecule has 1 amide bonds. The van der Waals surface area contributed by atoms with Crippen LogP contribution in [0.1, 0.15) is 25.9 Å². The van der Waals surface area contributed by atoms with Crippen molar-refractivity contribution in [2.24, 2.45) is 0 Å². The average molecular weight is 324 g/mol. The van der Waals surface area contributed by atoms with E-state index in [1.165, 1.54) is 0 Å². The molecule has 21 heavy (non-hydrogen) atoms. The number of thiazole rings is 1. The van der Waals surface area contributed by atoms with Crippen molar-refractivity contribution < 1.29 is 14.7 Å². The topological polar surface area (TPSA) is 82.1 Å². The summed E-state index contributed by atoms with van der Waals surface area (Å²) in [5.74, 6) is -1.55. The number of carbonyl (C=O) groups excluding carboxylic acids is 2. The highest BCUT2D eigenvalue weighted by Crippen LogP contribution is 2.23. The van der Waals surface area contributed by atoms with Gasteiger partial charge in [-0.05, 0) is 31.5 Å². The minimum atomic E-state index is -1.28. The Morgan fingerprint density at radius 2 is 2.10 bits per heavy atom. The molecule has 0 aliphatic carbocycles. The third kappa shape index (κ3) is 3.59. The summed E-state index contributed by atoms with van der Waals surface area (Å²) in [6, 6.07) is 5.23. The minimum absolute atomic E-state index is 0.00470. The van der Waals surface area contributed by atoms with Gasteiger partial charge in [0.15, 0.2) is 0 Å². The van der Waals surface area contributed by atoms with Crippen molar-refractivity contribution in [1.82, 2.24) is 4.98 Å². The number of carboxylic acid groups (broad SMARTS) is 1. The summed E-state index contributed by atoms with van der Waals surface area (Å²) in [6.07, 6.45) is 0.00470. The molecule has 0 unspecified atom stereocenters. The van der Waals surface area contributed by atoms with Gasteiger partial charge in [0.25, 0.3) is 0 Å². The lowest BCUT2D eigenvalue weighted by Crippen LogP contribution is -2.21. The number of hydrogen-bond acceptors (Lipinski definition) is 5. The molecule has 7 heteroatoms. The molecule has 1 aromatic heterocycles. The zero-order valence-electron chi connectivity index (χ0n) is 11.4. The Morgan fingerprint density at radius 1 is 1.38 bits per heavy atom. The molecule has 0 spiro atoms. The number of hydrogen-bond donors (Lipinski definition) is 1. The molecule has 1 N–H and O–H groups in total. The monoisotopic (exact) mass is 323 g/mol. The quantitative estimate of drug-likeness (QED) is 0.932. The van der Waals surface area contributed by atoms with Crippen molar-refractivity contribution >= 4 is 40.5 Å².